The van der Waals surface area contributed by atoms with Crippen molar-refractivity contribution < 1.29 is 19.6 Å². The number of aromatic carboxylic acids is 1. The van der Waals surface area contributed by atoms with Gasteiger partial charge in [0.1, 0.15) is 5.56 Å². The summed E-state index contributed by atoms with van der Waals surface area (Å²) in [4.78, 5) is 21.2. The van der Waals surface area contributed by atoms with Gasteiger partial charge >= 0.3 is 11.7 Å². The molecule has 0 heterocycles. The summed E-state index contributed by atoms with van der Waals surface area (Å²) >= 11 is 3.13. The lowest BCUT2D eigenvalue weighted by atomic mass is 10.1. The number of halogens is 1. The molecule has 7 heteroatoms. The summed E-state index contributed by atoms with van der Waals surface area (Å²) in [6.45, 7) is 2.26. The summed E-state index contributed by atoms with van der Waals surface area (Å²) in [6.07, 6.45) is 1.62. The Morgan fingerprint density at radius 1 is 1.56 bits per heavy atom. The highest BCUT2D eigenvalue weighted by Crippen LogP contribution is 2.38. The van der Waals surface area contributed by atoms with Crippen molar-refractivity contribution >= 4 is 27.6 Å². The first-order chi connectivity index (χ1) is 8.49. The lowest BCUT2D eigenvalue weighted by molar-refractivity contribution is -0.386. The van der Waals surface area contributed by atoms with Crippen molar-refractivity contribution in [3.05, 3.63) is 32.3 Å². The van der Waals surface area contributed by atoms with E-state index in [0.29, 0.717) is 11.1 Å². The normalized spacial score (nSPS) is 10.1. The van der Waals surface area contributed by atoms with Crippen LogP contribution in [0.4, 0.5) is 5.69 Å². The van der Waals surface area contributed by atoms with Gasteiger partial charge in [-0.25, -0.2) is 4.79 Å². The predicted octanol–water partition coefficient (Wildman–Crippen LogP) is 3.23. The maximum absolute atomic E-state index is 11.0. The van der Waals surface area contributed by atoms with Crippen molar-refractivity contribution in [3.8, 4) is 5.75 Å². The van der Waals surface area contributed by atoms with Gasteiger partial charge in [0.25, 0.3) is 0 Å². The molecule has 0 unspecified atom stereocenters. The average molecular weight is 318 g/mol. The molecule has 0 saturated carbocycles. The molecular formula is C11H12BrNO5. The molecule has 1 aromatic carbocycles. The molecule has 0 aliphatic carbocycles. The van der Waals surface area contributed by atoms with Crippen LogP contribution in [0, 0.1) is 10.1 Å². The first-order valence-corrected chi connectivity index (χ1v) is 6.11. The van der Waals surface area contributed by atoms with Crippen LogP contribution in [0.5, 0.6) is 5.75 Å². The Bertz CT molecular complexity index is 475. The van der Waals surface area contributed by atoms with Crippen molar-refractivity contribution in [3.63, 3.8) is 0 Å². The minimum atomic E-state index is -1.35. The second kappa shape index (κ2) is 6.34. The van der Waals surface area contributed by atoms with Crippen LogP contribution in [-0.4, -0.2) is 22.6 Å². The van der Waals surface area contributed by atoms with Gasteiger partial charge in [-0.2, -0.15) is 0 Å². The smallest absolute Gasteiger partial charge is 0.342 e. The highest BCUT2D eigenvalue weighted by molar-refractivity contribution is 9.10. The number of carboxylic acid groups (broad SMARTS) is 1. The molecule has 0 amide bonds. The Morgan fingerprint density at radius 2 is 2.22 bits per heavy atom. The summed E-state index contributed by atoms with van der Waals surface area (Å²) in [5, 5.41) is 19.9. The molecule has 1 aromatic rings. The molecular weight excluding hydrogens is 306 g/mol. The zero-order valence-electron chi connectivity index (χ0n) is 9.68. The van der Waals surface area contributed by atoms with E-state index in [4.69, 9.17) is 9.84 Å². The molecule has 0 aliphatic rings. The fourth-order valence-electron chi connectivity index (χ4n) is 1.36. The monoisotopic (exact) mass is 317 g/mol. The number of benzene rings is 1. The van der Waals surface area contributed by atoms with Crippen molar-refractivity contribution in [1.29, 1.82) is 0 Å². The summed E-state index contributed by atoms with van der Waals surface area (Å²) < 4.78 is 5.68. The number of ether oxygens (including phenoxy) is 1. The summed E-state index contributed by atoms with van der Waals surface area (Å²) in [6, 6.07) is 2.61. The van der Waals surface area contributed by atoms with Crippen molar-refractivity contribution in [1.82, 2.24) is 0 Å². The summed E-state index contributed by atoms with van der Waals surface area (Å²) in [7, 11) is 0. The number of unbranched alkanes of at least 4 members (excludes halogenated alkanes) is 1. The van der Waals surface area contributed by atoms with Crippen molar-refractivity contribution in [2.24, 2.45) is 0 Å². The molecule has 0 aliphatic heterocycles. The fraction of sp³-hybridized carbons (Fsp3) is 0.364. The molecule has 0 atom stereocenters. The standard InChI is InChI=1S/C11H12BrNO5/c1-2-3-6-18-10-8(12)5-4-7(11(14)15)9(10)13(16)17/h4-5H,2-3,6H2,1H3,(H,14,15). The Labute approximate surface area is 112 Å². The number of nitro groups is 1. The second-order valence-electron chi connectivity index (χ2n) is 3.54. The Hall–Kier alpha value is -1.63. The van der Waals surface area contributed by atoms with Crippen LogP contribution in [-0.2, 0) is 0 Å². The highest BCUT2D eigenvalue weighted by atomic mass is 79.9. The van der Waals surface area contributed by atoms with Gasteiger partial charge in [-0.1, -0.05) is 13.3 Å². The third-order valence-corrected chi connectivity index (χ3v) is 2.87. The van der Waals surface area contributed by atoms with Crippen LogP contribution in [0.1, 0.15) is 30.1 Å². The molecule has 18 heavy (non-hydrogen) atoms. The van der Waals surface area contributed by atoms with Gasteiger partial charge in [0, 0.05) is 0 Å². The Kier molecular flexibility index (Phi) is 5.08. The first kappa shape index (κ1) is 14.4. The van der Waals surface area contributed by atoms with Gasteiger partial charge in [0.2, 0.25) is 5.75 Å². The third-order valence-electron chi connectivity index (χ3n) is 2.24. The van der Waals surface area contributed by atoms with Gasteiger partial charge < -0.3 is 9.84 Å². The van der Waals surface area contributed by atoms with E-state index in [0.717, 1.165) is 12.8 Å². The van der Waals surface area contributed by atoms with E-state index >= 15 is 0 Å². The first-order valence-electron chi connectivity index (χ1n) is 5.32. The SMILES string of the molecule is CCCCOc1c(Br)ccc(C(=O)O)c1[N+](=O)[O-]. The van der Waals surface area contributed by atoms with Crippen LogP contribution in [0.3, 0.4) is 0 Å². The third kappa shape index (κ3) is 3.19. The van der Waals surface area contributed by atoms with E-state index in [1.165, 1.54) is 12.1 Å². The predicted molar refractivity (Wildman–Crippen MR) is 68.2 cm³/mol. The zero-order chi connectivity index (χ0) is 13.7. The average Bonchev–Trinajstić information content (AvgIpc) is 2.30. The molecule has 0 aromatic heterocycles. The number of carboxylic acids is 1. The van der Waals surface area contributed by atoms with Crippen molar-refractivity contribution in [2.75, 3.05) is 6.61 Å². The summed E-state index contributed by atoms with van der Waals surface area (Å²) in [5.41, 5.74) is -0.900. The molecule has 6 nitrogen and oxygen atoms in total. The maximum atomic E-state index is 11.0. The number of carbonyl (C=O) groups is 1. The summed E-state index contributed by atoms with van der Waals surface area (Å²) in [5.74, 6) is -1.39. The molecule has 1 N–H and O–H groups in total. The molecule has 98 valence electrons. The molecule has 0 bridgehead atoms. The lowest BCUT2D eigenvalue weighted by Gasteiger charge is -2.09. The number of nitrogens with zero attached hydrogens (tertiary/aromatic N) is 1. The van der Waals surface area contributed by atoms with E-state index in [-0.39, 0.29) is 11.3 Å². The number of hydrogen-bond donors (Lipinski definition) is 1. The number of rotatable bonds is 6. The molecule has 0 saturated heterocycles. The van der Waals surface area contributed by atoms with E-state index in [1.807, 2.05) is 6.92 Å². The van der Waals surface area contributed by atoms with E-state index in [9.17, 15) is 14.9 Å². The Morgan fingerprint density at radius 3 is 2.72 bits per heavy atom. The van der Waals surface area contributed by atoms with E-state index < -0.39 is 16.6 Å². The van der Waals surface area contributed by atoms with Gasteiger partial charge in [0.15, 0.2) is 0 Å². The molecule has 0 spiro atoms. The lowest BCUT2D eigenvalue weighted by Crippen LogP contribution is -2.07. The minimum Gasteiger partial charge on any atom is -0.486 e. The van der Waals surface area contributed by atoms with Crippen LogP contribution in [0.15, 0.2) is 16.6 Å². The van der Waals surface area contributed by atoms with Gasteiger partial charge in [-0.05, 0) is 34.5 Å². The van der Waals surface area contributed by atoms with Crippen LogP contribution in [0.2, 0.25) is 0 Å². The van der Waals surface area contributed by atoms with E-state index in [2.05, 4.69) is 15.9 Å². The second-order valence-corrected chi connectivity index (χ2v) is 4.39. The molecule has 0 radical (unpaired) electrons. The van der Waals surface area contributed by atoms with Crippen LogP contribution >= 0.6 is 15.9 Å². The van der Waals surface area contributed by atoms with E-state index in [1.54, 1.807) is 0 Å². The van der Waals surface area contributed by atoms with Crippen molar-refractivity contribution in [2.45, 2.75) is 19.8 Å². The van der Waals surface area contributed by atoms with Gasteiger partial charge in [0.05, 0.1) is 16.0 Å². The van der Waals surface area contributed by atoms with Gasteiger partial charge in [-0.3, -0.25) is 10.1 Å². The number of nitro benzene ring substituents is 1. The maximum Gasteiger partial charge on any atom is 0.342 e. The van der Waals surface area contributed by atoms with Crippen LogP contribution < -0.4 is 4.74 Å². The topological polar surface area (TPSA) is 89.7 Å². The molecule has 0 fully saturated rings. The highest BCUT2D eigenvalue weighted by Gasteiger charge is 2.27. The zero-order valence-corrected chi connectivity index (χ0v) is 11.3. The minimum absolute atomic E-state index is 0.0339. The quantitative estimate of drug-likeness (QED) is 0.494. The number of hydrogen-bond acceptors (Lipinski definition) is 4. The largest absolute Gasteiger partial charge is 0.486 e. The van der Waals surface area contributed by atoms with Gasteiger partial charge in [-0.15, -0.1) is 0 Å². The van der Waals surface area contributed by atoms with Crippen LogP contribution in [0.25, 0.3) is 0 Å². The molecule has 1 rings (SSSR count). The Balaban J connectivity index is 3.23. The fourth-order valence-corrected chi connectivity index (χ4v) is 1.79.